The summed E-state index contributed by atoms with van der Waals surface area (Å²) in [5, 5.41) is 7.18. The van der Waals surface area contributed by atoms with Gasteiger partial charge in [0.25, 0.3) is 0 Å². The van der Waals surface area contributed by atoms with Crippen molar-refractivity contribution in [2.45, 2.75) is 0 Å². The highest BCUT2D eigenvalue weighted by Gasteiger charge is 1.93. The lowest BCUT2D eigenvalue weighted by Crippen LogP contribution is -2.10. The van der Waals surface area contributed by atoms with Crippen LogP contribution in [0.4, 0.5) is 0 Å². The summed E-state index contributed by atoms with van der Waals surface area (Å²) in [5.41, 5.74) is 12.4. The first-order valence-electron chi connectivity index (χ1n) is 4.05. The molecule has 0 aliphatic carbocycles. The van der Waals surface area contributed by atoms with E-state index in [0.29, 0.717) is 6.54 Å². The monoisotopic (exact) mass is 175 g/mol. The van der Waals surface area contributed by atoms with E-state index < -0.39 is 0 Å². The van der Waals surface area contributed by atoms with Crippen molar-refractivity contribution in [3.05, 3.63) is 41.5 Å². The minimum atomic E-state index is 0.0920. The molecule has 0 amide bonds. The van der Waals surface area contributed by atoms with E-state index in [1.807, 2.05) is 36.4 Å². The molecule has 3 nitrogen and oxygen atoms in total. The topological polar surface area (TPSA) is 75.9 Å². The van der Waals surface area contributed by atoms with Gasteiger partial charge in [0.2, 0.25) is 0 Å². The summed E-state index contributed by atoms with van der Waals surface area (Å²) in [5.74, 6) is 0.0920. The maximum Gasteiger partial charge on any atom is 0.122 e. The Morgan fingerprint density at radius 3 is 2.38 bits per heavy atom. The summed E-state index contributed by atoms with van der Waals surface area (Å²) in [6, 6.07) is 7.45. The standard InChI is InChI=1S/C10H13N3/c11-7-1-2-8-3-5-9(6-4-8)10(12)13/h1-6H,7,11H2,(H3,12,13). The molecule has 1 aromatic rings. The minimum absolute atomic E-state index is 0.0920. The Morgan fingerprint density at radius 1 is 1.31 bits per heavy atom. The maximum absolute atomic E-state index is 7.18. The molecule has 13 heavy (non-hydrogen) atoms. The van der Waals surface area contributed by atoms with Crippen molar-refractivity contribution < 1.29 is 0 Å². The van der Waals surface area contributed by atoms with Crippen molar-refractivity contribution in [3.63, 3.8) is 0 Å². The Morgan fingerprint density at radius 2 is 1.92 bits per heavy atom. The quantitative estimate of drug-likeness (QED) is 0.472. The Kier molecular flexibility index (Phi) is 3.23. The van der Waals surface area contributed by atoms with Gasteiger partial charge in [0.05, 0.1) is 0 Å². The number of nitrogen functional groups attached to an aromatic ring is 1. The van der Waals surface area contributed by atoms with Crippen molar-refractivity contribution in [2.75, 3.05) is 6.54 Å². The fourth-order valence-corrected chi connectivity index (χ4v) is 0.978. The summed E-state index contributed by atoms with van der Waals surface area (Å²) in [6.45, 7) is 0.536. The molecule has 0 unspecified atom stereocenters. The Bertz CT molecular complexity index is 311. The Labute approximate surface area is 77.6 Å². The van der Waals surface area contributed by atoms with Crippen molar-refractivity contribution >= 4 is 11.9 Å². The summed E-state index contributed by atoms with van der Waals surface area (Å²) in [4.78, 5) is 0. The molecule has 0 spiro atoms. The summed E-state index contributed by atoms with van der Waals surface area (Å²) < 4.78 is 0. The van der Waals surface area contributed by atoms with Crippen LogP contribution in [-0.4, -0.2) is 12.4 Å². The molecule has 0 fully saturated rings. The summed E-state index contributed by atoms with van der Waals surface area (Å²) >= 11 is 0. The largest absolute Gasteiger partial charge is 0.384 e. The molecular weight excluding hydrogens is 162 g/mol. The Hall–Kier alpha value is -1.61. The number of rotatable bonds is 3. The lowest BCUT2D eigenvalue weighted by atomic mass is 10.1. The van der Waals surface area contributed by atoms with Gasteiger partial charge in [-0.15, -0.1) is 0 Å². The maximum atomic E-state index is 7.18. The van der Waals surface area contributed by atoms with E-state index in [1.54, 1.807) is 0 Å². The van der Waals surface area contributed by atoms with Crippen molar-refractivity contribution in [1.82, 2.24) is 0 Å². The van der Waals surface area contributed by atoms with Crippen LogP contribution in [0, 0.1) is 5.41 Å². The van der Waals surface area contributed by atoms with Crippen LogP contribution in [0.3, 0.4) is 0 Å². The average molecular weight is 175 g/mol. The van der Waals surface area contributed by atoms with Gasteiger partial charge < -0.3 is 11.5 Å². The number of hydrogen-bond acceptors (Lipinski definition) is 2. The average Bonchev–Trinajstić information content (AvgIpc) is 2.15. The van der Waals surface area contributed by atoms with E-state index in [-0.39, 0.29) is 5.84 Å². The molecule has 0 radical (unpaired) electrons. The van der Waals surface area contributed by atoms with Gasteiger partial charge in [-0.05, 0) is 5.56 Å². The number of nitrogens with one attached hydrogen (secondary N) is 1. The number of amidine groups is 1. The first-order valence-corrected chi connectivity index (χ1v) is 4.05. The lowest BCUT2D eigenvalue weighted by molar-refractivity contribution is 1.26. The highest BCUT2D eigenvalue weighted by Crippen LogP contribution is 2.05. The van der Waals surface area contributed by atoms with Crippen LogP contribution in [0.5, 0.6) is 0 Å². The molecule has 1 rings (SSSR count). The van der Waals surface area contributed by atoms with Gasteiger partial charge in [-0.1, -0.05) is 36.4 Å². The van der Waals surface area contributed by atoms with Gasteiger partial charge in [0, 0.05) is 12.1 Å². The van der Waals surface area contributed by atoms with E-state index in [0.717, 1.165) is 11.1 Å². The second-order valence-corrected chi connectivity index (χ2v) is 2.67. The van der Waals surface area contributed by atoms with Crippen LogP contribution in [0.25, 0.3) is 6.08 Å². The van der Waals surface area contributed by atoms with Crippen LogP contribution in [0.2, 0.25) is 0 Å². The zero-order chi connectivity index (χ0) is 9.68. The smallest absolute Gasteiger partial charge is 0.122 e. The molecule has 3 heteroatoms. The molecule has 68 valence electrons. The predicted octanol–water partition coefficient (Wildman–Crippen LogP) is 0.943. The molecule has 5 N–H and O–H groups in total. The molecule has 0 aliphatic rings. The fourth-order valence-electron chi connectivity index (χ4n) is 0.978. The van der Waals surface area contributed by atoms with Crippen LogP contribution in [-0.2, 0) is 0 Å². The fraction of sp³-hybridized carbons (Fsp3) is 0.100. The van der Waals surface area contributed by atoms with Gasteiger partial charge in [0.1, 0.15) is 5.84 Å². The van der Waals surface area contributed by atoms with Crippen molar-refractivity contribution in [2.24, 2.45) is 11.5 Å². The van der Waals surface area contributed by atoms with Gasteiger partial charge in [-0.25, -0.2) is 0 Å². The van der Waals surface area contributed by atoms with Crippen LogP contribution >= 0.6 is 0 Å². The van der Waals surface area contributed by atoms with E-state index >= 15 is 0 Å². The van der Waals surface area contributed by atoms with Gasteiger partial charge in [-0.2, -0.15) is 0 Å². The van der Waals surface area contributed by atoms with Gasteiger partial charge in [-0.3, -0.25) is 5.41 Å². The highest BCUT2D eigenvalue weighted by atomic mass is 14.7. The normalized spacial score (nSPS) is 10.5. The van der Waals surface area contributed by atoms with Crippen LogP contribution < -0.4 is 11.5 Å². The molecule has 0 atom stereocenters. The summed E-state index contributed by atoms with van der Waals surface area (Å²) in [7, 11) is 0. The van der Waals surface area contributed by atoms with Crippen molar-refractivity contribution in [1.29, 1.82) is 5.41 Å². The van der Waals surface area contributed by atoms with Gasteiger partial charge >= 0.3 is 0 Å². The van der Waals surface area contributed by atoms with Gasteiger partial charge in [0.15, 0.2) is 0 Å². The highest BCUT2D eigenvalue weighted by molar-refractivity contribution is 5.95. The zero-order valence-electron chi connectivity index (χ0n) is 7.33. The first kappa shape index (κ1) is 9.48. The zero-order valence-corrected chi connectivity index (χ0v) is 7.33. The van der Waals surface area contributed by atoms with E-state index in [4.69, 9.17) is 16.9 Å². The molecule has 0 saturated heterocycles. The Balaban J connectivity index is 2.81. The predicted molar refractivity (Wildman–Crippen MR) is 55.5 cm³/mol. The first-order chi connectivity index (χ1) is 6.24. The molecule has 0 heterocycles. The molecule has 0 aliphatic heterocycles. The molecular formula is C10H13N3. The van der Waals surface area contributed by atoms with E-state index in [1.165, 1.54) is 0 Å². The SMILES string of the molecule is N=C(N)c1ccc(C=CCN)cc1. The third kappa shape index (κ3) is 2.72. The van der Waals surface area contributed by atoms with E-state index in [9.17, 15) is 0 Å². The summed E-state index contributed by atoms with van der Waals surface area (Å²) in [6.07, 6.45) is 3.81. The molecule has 0 saturated carbocycles. The van der Waals surface area contributed by atoms with Crippen molar-refractivity contribution in [3.8, 4) is 0 Å². The molecule has 1 aromatic carbocycles. The lowest BCUT2D eigenvalue weighted by Gasteiger charge is -1.97. The second-order valence-electron chi connectivity index (χ2n) is 2.67. The van der Waals surface area contributed by atoms with E-state index in [2.05, 4.69) is 0 Å². The molecule has 0 aromatic heterocycles. The van der Waals surface area contributed by atoms with Crippen LogP contribution in [0.1, 0.15) is 11.1 Å². The van der Waals surface area contributed by atoms with Crippen LogP contribution in [0.15, 0.2) is 30.3 Å². The number of nitrogens with two attached hydrogens (primary N) is 2. The third-order valence-corrected chi connectivity index (χ3v) is 1.67. The second kappa shape index (κ2) is 4.42. The minimum Gasteiger partial charge on any atom is -0.384 e. The number of hydrogen-bond donors (Lipinski definition) is 3. The molecule has 0 bridgehead atoms. The third-order valence-electron chi connectivity index (χ3n) is 1.67. The number of benzene rings is 1.